The smallest absolute Gasteiger partial charge is 0.391 e. The number of nitrogens with one attached hydrogen (secondary N) is 1. The van der Waals surface area contributed by atoms with Crippen molar-refractivity contribution in [3.05, 3.63) is 18.2 Å². The van der Waals surface area contributed by atoms with Crippen molar-refractivity contribution in [2.45, 2.75) is 30.5 Å². The van der Waals surface area contributed by atoms with Crippen molar-refractivity contribution in [1.82, 2.24) is 0 Å². The van der Waals surface area contributed by atoms with Crippen molar-refractivity contribution in [1.29, 1.82) is 0 Å². The van der Waals surface area contributed by atoms with Gasteiger partial charge < -0.3 is 11.1 Å². The van der Waals surface area contributed by atoms with Gasteiger partial charge in [0.25, 0.3) is 0 Å². The molecular weight excluding hydrogens is 281 g/mol. The van der Waals surface area contributed by atoms with Gasteiger partial charge in [-0.05, 0) is 25.1 Å². The van der Waals surface area contributed by atoms with Crippen LogP contribution in [0.2, 0.25) is 0 Å². The molecule has 8 heteroatoms. The van der Waals surface area contributed by atoms with Crippen molar-refractivity contribution < 1.29 is 21.6 Å². The zero-order chi connectivity index (χ0) is 14.8. The highest BCUT2D eigenvalue weighted by Gasteiger charge is 2.30. The number of sulfone groups is 1. The first kappa shape index (κ1) is 15.6. The molecule has 0 bridgehead atoms. The van der Waals surface area contributed by atoms with Crippen molar-refractivity contribution in [2.75, 3.05) is 17.3 Å². The number of anilines is 2. The average molecular weight is 296 g/mol. The fourth-order valence-corrected chi connectivity index (χ4v) is 2.22. The summed E-state index contributed by atoms with van der Waals surface area (Å²) in [5.74, 6) is 0. The van der Waals surface area contributed by atoms with Gasteiger partial charge in [0.15, 0.2) is 9.84 Å². The summed E-state index contributed by atoms with van der Waals surface area (Å²) in [4.78, 5) is 0.0269. The first-order valence-electron chi connectivity index (χ1n) is 5.42. The number of rotatable bonds is 4. The summed E-state index contributed by atoms with van der Waals surface area (Å²) < 4.78 is 59.1. The summed E-state index contributed by atoms with van der Waals surface area (Å²) in [5, 5.41) is 2.61. The van der Waals surface area contributed by atoms with Crippen LogP contribution < -0.4 is 11.1 Å². The minimum atomic E-state index is -4.27. The SMILES string of the molecule is CC(CC(F)(F)F)Nc1ccc(S(C)(=O)=O)cc1N. The maximum absolute atomic E-state index is 12.2. The van der Waals surface area contributed by atoms with Crippen LogP contribution in [0.5, 0.6) is 0 Å². The molecule has 4 nitrogen and oxygen atoms in total. The van der Waals surface area contributed by atoms with Crippen LogP contribution >= 0.6 is 0 Å². The van der Waals surface area contributed by atoms with Crippen LogP contribution in [0.4, 0.5) is 24.5 Å². The third kappa shape index (κ3) is 4.98. The van der Waals surface area contributed by atoms with E-state index in [0.717, 1.165) is 6.26 Å². The van der Waals surface area contributed by atoms with E-state index in [0.29, 0.717) is 0 Å². The van der Waals surface area contributed by atoms with Crippen LogP contribution in [0.1, 0.15) is 13.3 Å². The fourth-order valence-electron chi connectivity index (χ4n) is 1.57. The van der Waals surface area contributed by atoms with Gasteiger partial charge in [0.2, 0.25) is 0 Å². The van der Waals surface area contributed by atoms with E-state index in [1.54, 1.807) is 0 Å². The maximum Gasteiger partial charge on any atom is 0.391 e. The van der Waals surface area contributed by atoms with E-state index in [2.05, 4.69) is 5.32 Å². The molecule has 1 unspecified atom stereocenters. The zero-order valence-corrected chi connectivity index (χ0v) is 11.3. The number of benzene rings is 1. The van der Waals surface area contributed by atoms with E-state index in [1.165, 1.54) is 25.1 Å². The van der Waals surface area contributed by atoms with Gasteiger partial charge in [-0.1, -0.05) is 0 Å². The molecule has 3 N–H and O–H groups in total. The van der Waals surface area contributed by atoms with E-state index in [9.17, 15) is 21.6 Å². The lowest BCUT2D eigenvalue weighted by Crippen LogP contribution is -2.24. The third-order valence-corrected chi connectivity index (χ3v) is 3.50. The van der Waals surface area contributed by atoms with Crippen molar-refractivity contribution in [2.24, 2.45) is 0 Å². The number of nitrogen functional groups attached to an aromatic ring is 1. The molecule has 0 saturated carbocycles. The standard InChI is InChI=1S/C11H15F3N2O2S/c1-7(6-11(12,13)14)16-10-4-3-8(5-9(10)15)19(2,17)18/h3-5,7,16H,6,15H2,1-2H3. The molecule has 0 aliphatic rings. The molecule has 0 aromatic heterocycles. The van der Waals surface area contributed by atoms with Gasteiger partial charge >= 0.3 is 6.18 Å². The van der Waals surface area contributed by atoms with Crippen molar-refractivity contribution in [3.63, 3.8) is 0 Å². The Labute approximate surface area is 109 Å². The van der Waals surface area contributed by atoms with E-state index >= 15 is 0 Å². The Hall–Kier alpha value is -1.44. The molecule has 0 heterocycles. The van der Waals surface area contributed by atoms with E-state index in [-0.39, 0.29) is 16.3 Å². The van der Waals surface area contributed by atoms with E-state index in [1.807, 2.05) is 0 Å². The Morgan fingerprint density at radius 3 is 2.37 bits per heavy atom. The topological polar surface area (TPSA) is 72.2 Å². The van der Waals surface area contributed by atoms with E-state index < -0.39 is 28.5 Å². The first-order chi connectivity index (χ1) is 8.49. The lowest BCUT2D eigenvalue weighted by Gasteiger charge is -2.18. The summed E-state index contributed by atoms with van der Waals surface area (Å²) in [5.41, 5.74) is 6.00. The summed E-state index contributed by atoms with van der Waals surface area (Å²) >= 11 is 0. The van der Waals surface area contributed by atoms with Crippen LogP contribution in [0.25, 0.3) is 0 Å². The quantitative estimate of drug-likeness (QED) is 0.837. The molecule has 108 valence electrons. The van der Waals surface area contributed by atoms with Gasteiger partial charge in [0.1, 0.15) is 0 Å². The van der Waals surface area contributed by atoms with Gasteiger partial charge in [-0.3, -0.25) is 0 Å². The summed E-state index contributed by atoms with van der Waals surface area (Å²) in [6.45, 7) is 1.37. The number of halogens is 3. The molecule has 0 spiro atoms. The molecule has 0 amide bonds. The van der Waals surface area contributed by atoms with E-state index in [4.69, 9.17) is 5.73 Å². The molecule has 0 radical (unpaired) electrons. The number of hydrogen-bond acceptors (Lipinski definition) is 4. The van der Waals surface area contributed by atoms with Gasteiger partial charge in [-0.15, -0.1) is 0 Å². The second-order valence-corrected chi connectivity index (χ2v) is 6.40. The lowest BCUT2D eigenvalue weighted by molar-refractivity contribution is -0.136. The minimum absolute atomic E-state index is 0.0269. The fraction of sp³-hybridized carbons (Fsp3) is 0.455. The normalized spacial score (nSPS) is 14.2. The molecule has 1 aromatic carbocycles. The van der Waals surface area contributed by atoms with Crippen LogP contribution in [0.3, 0.4) is 0 Å². The summed E-state index contributed by atoms with van der Waals surface area (Å²) in [7, 11) is -3.39. The Morgan fingerprint density at radius 2 is 1.95 bits per heavy atom. The van der Waals surface area contributed by atoms with Crippen LogP contribution in [0, 0.1) is 0 Å². The second kappa shape index (κ2) is 5.28. The first-order valence-corrected chi connectivity index (χ1v) is 7.31. The van der Waals surface area contributed by atoms with Crippen molar-refractivity contribution in [3.8, 4) is 0 Å². The summed E-state index contributed by atoms with van der Waals surface area (Å²) in [6, 6.07) is 3.02. The highest BCUT2D eigenvalue weighted by molar-refractivity contribution is 7.90. The van der Waals surface area contributed by atoms with Gasteiger partial charge in [-0.2, -0.15) is 13.2 Å². The molecule has 0 aliphatic heterocycles. The Bertz CT molecular complexity index is 556. The number of alkyl halides is 3. The highest BCUT2D eigenvalue weighted by Crippen LogP contribution is 2.27. The number of nitrogens with two attached hydrogens (primary N) is 1. The van der Waals surface area contributed by atoms with Crippen LogP contribution in [0.15, 0.2) is 23.1 Å². The monoisotopic (exact) mass is 296 g/mol. The molecule has 0 aliphatic carbocycles. The molecule has 1 atom stereocenters. The van der Waals surface area contributed by atoms with Gasteiger partial charge in [0.05, 0.1) is 22.7 Å². The molecular formula is C11H15F3N2O2S. The summed E-state index contributed by atoms with van der Waals surface area (Å²) in [6.07, 6.45) is -4.24. The predicted molar refractivity (Wildman–Crippen MR) is 67.7 cm³/mol. The third-order valence-electron chi connectivity index (χ3n) is 2.39. The Balaban J connectivity index is 2.87. The molecule has 0 saturated heterocycles. The largest absolute Gasteiger partial charge is 0.397 e. The highest BCUT2D eigenvalue weighted by atomic mass is 32.2. The minimum Gasteiger partial charge on any atom is -0.397 e. The molecule has 0 fully saturated rings. The van der Waals surface area contributed by atoms with Crippen LogP contribution in [-0.4, -0.2) is 26.9 Å². The van der Waals surface area contributed by atoms with Crippen molar-refractivity contribution >= 4 is 21.2 Å². The van der Waals surface area contributed by atoms with Crippen LogP contribution in [-0.2, 0) is 9.84 Å². The van der Waals surface area contributed by atoms with Gasteiger partial charge in [-0.25, -0.2) is 8.42 Å². The zero-order valence-electron chi connectivity index (χ0n) is 10.5. The second-order valence-electron chi connectivity index (χ2n) is 4.39. The Kier molecular flexibility index (Phi) is 4.34. The average Bonchev–Trinajstić information content (AvgIpc) is 2.16. The maximum atomic E-state index is 12.2. The molecule has 1 aromatic rings. The lowest BCUT2D eigenvalue weighted by atomic mass is 10.2. The Morgan fingerprint density at radius 1 is 1.37 bits per heavy atom. The molecule has 1 rings (SSSR count). The van der Waals surface area contributed by atoms with Gasteiger partial charge in [0, 0.05) is 12.3 Å². The predicted octanol–water partition coefficient (Wildman–Crippen LogP) is 2.43. The number of hydrogen-bond donors (Lipinski definition) is 2. The molecule has 19 heavy (non-hydrogen) atoms.